The van der Waals surface area contributed by atoms with Gasteiger partial charge in [0.25, 0.3) is 0 Å². The summed E-state index contributed by atoms with van der Waals surface area (Å²) in [5.41, 5.74) is 1.13. The van der Waals surface area contributed by atoms with Crippen LogP contribution in [0.3, 0.4) is 0 Å². The van der Waals surface area contributed by atoms with E-state index < -0.39 is 11.7 Å². The number of hydrazone groups is 1. The maximum absolute atomic E-state index is 12.7. The van der Waals surface area contributed by atoms with E-state index >= 15 is 0 Å². The lowest BCUT2D eigenvalue weighted by Gasteiger charge is -2.10. The lowest BCUT2D eigenvalue weighted by Crippen LogP contribution is -2.04. The minimum atomic E-state index is -4.35. The average Bonchev–Trinajstić information content (AvgIpc) is 2.39. The van der Waals surface area contributed by atoms with Gasteiger partial charge in [-0.25, -0.2) is 0 Å². The van der Waals surface area contributed by atoms with Crippen molar-refractivity contribution in [2.24, 2.45) is 10.9 Å². The Hall–Kier alpha value is -2.30. The molecule has 0 amide bonds. The lowest BCUT2D eigenvalue weighted by molar-refractivity contribution is -0.137. The van der Waals surface area contributed by atoms with Crippen molar-refractivity contribution < 1.29 is 13.2 Å². The van der Waals surface area contributed by atoms with E-state index in [2.05, 4.69) is 5.10 Å². The molecule has 0 saturated heterocycles. The lowest BCUT2D eigenvalue weighted by atomic mass is 9.98. The highest BCUT2D eigenvalue weighted by Gasteiger charge is 2.30. The number of nitrogens with two attached hydrogens (primary N) is 1. The van der Waals surface area contributed by atoms with Gasteiger partial charge in [0.2, 0.25) is 0 Å². The van der Waals surface area contributed by atoms with Crippen LogP contribution in [0.5, 0.6) is 0 Å². The van der Waals surface area contributed by atoms with Crippen LogP contribution in [-0.2, 0) is 6.18 Å². The van der Waals surface area contributed by atoms with Crippen molar-refractivity contribution in [1.82, 2.24) is 0 Å². The molecule has 0 aliphatic rings. The predicted octanol–water partition coefficient (Wildman–Crippen LogP) is 3.67. The van der Waals surface area contributed by atoms with Gasteiger partial charge in [-0.15, -0.1) is 0 Å². The van der Waals surface area contributed by atoms with Crippen LogP contribution in [0.25, 0.3) is 11.1 Å². The summed E-state index contributed by atoms with van der Waals surface area (Å²) in [7, 11) is 0. The molecule has 0 heterocycles. The first-order valence-electron chi connectivity index (χ1n) is 5.52. The van der Waals surface area contributed by atoms with Crippen LogP contribution in [0.4, 0.5) is 13.2 Å². The van der Waals surface area contributed by atoms with Crippen molar-refractivity contribution in [2.75, 3.05) is 0 Å². The molecular formula is C14H11F3N2. The van der Waals surface area contributed by atoms with Gasteiger partial charge in [-0.3, -0.25) is 0 Å². The smallest absolute Gasteiger partial charge is 0.323 e. The third-order valence-corrected chi connectivity index (χ3v) is 2.68. The Morgan fingerprint density at radius 1 is 1.00 bits per heavy atom. The molecule has 0 aliphatic heterocycles. The quantitative estimate of drug-likeness (QED) is 0.501. The van der Waals surface area contributed by atoms with Crippen LogP contribution in [0.1, 0.15) is 11.1 Å². The Morgan fingerprint density at radius 3 is 2.42 bits per heavy atom. The van der Waals surface area contributed by atoms with E-state index in [1.807, 2.05) is 0 Å². The van der Waals surface area contributed by atoms with Crippen LogP contribution in [0.15, 0.2) is 53.6 Å². The normalized spacial score (nSPS) is 11.9. The van der Waals surface area contributed by atoms with Gasteiger partial charge in [-0.2, -0.15) is 18.3 Å². The molecule has 0 saturated carbocycles. The van der Waals surface area contributed by atoms with Gasteiger partial charge in [0, 0.05) is 5.56 Å². The second-order valence-corrected chi connectivity index (χ2v) is 3.94. The molecule has 0 aliphatic carbocycles. The minimum absolute atomic E-state index is 0.477. The second kappa shape index (κ2) is 5.14. The third kappa shape index (κ3) is 2.93. The number of rotatable bonds is 2. The number of hydrogen-bond donors (Lipinski definition) is 1. The highest BCUT2D eigenvalue weighted by Crippen LogP contribution is 2.32. The second-order valence-electron chi connectivity index (χ2n) is 3.94. The van der Waals surface area contributed by atoms with Crippen molar-refractivity contribution in [1.29, 1.82) is 0 Å². The minimum Gasteiger partial charge on any atom is -0.323 e. The number of hydrogen-bond acceptors (Lipinski definition) is 2. The number of benzene rings is 2. The molecule has 0 radical (unpaired) electrons. The van der Waals surface area contributed by atoms with Crippen LogP contribution in [-0.4, -0.2) is 6.21 Å². The van der Waals surface area contributed by atoms with Gasteiger partial charge in [-0.05, 0) is 23.3 Å². The Morgan fingerprint density at radius 2 is 1.74 bits per heavy atom. The maximum atomic E-state index is 12.7. The molecule has 0 fully saturated rings. The molecule has 2 nitrogen and oxygen atoms in total. The SMILES string of the molecule is NN=Cc1ccccc1-c1cccc(C(F)(F)F)c1. The highest BCUT2D eigenvalue weighted by atomic mass is 19.4. The molecule has 5 heteroatoms. The van der Waals surface area contributed by atoms with Crippen LogP contribution in [0.2, 0.25) is 0 Å². The zero-order chi connectivity index (χ0) is 13.9. The molecule has 0 bridgehead atoms. The van der Waals surface area contributed by atoms with E-state index in [1.54, 1.807) is 30.3 Å². The molecule has 0 aromatic heterocycles. The molecule has 0 unspecified atom stereocenters. The Labute approximate surface area is 108 Å². The summed E-state index contributed by atoms with van der Waals surface area (Å²) in [5.74, 6) is 5.10. The summed E-state index contributed by atoms with van der Waals surface area (Å²) in [6, 6.07) is 12.2. The number of nitrogens with zero attached hydrogens (tertiary/aromatic N) is 1. The van der Waals surface area contributed by atoms with Crippen molar-refractivity contribution in [3.05, 3.63) is 59.7 Å². The molecule has 19 heavy (non-hydrogen) atoms. The van der Waals surface area contributed by atoms with Crippen molar-refractivity contribution in [3.8, 4) is 11.1 Å². The van der Waals surface area contributed by atoms with Gasteiger partial charge < -0.3 is 5.84 Å². The van der Waals surface area contributed by atoms with Gasteiger partial charge in [0.05, 0.1) is 11.8 Å². The zero-order valence-corrected chi connectivity index (χ0v) is 9.85. The summed E-state index contributed by atoms with van der Waals surface area (Å²) in [6.07, 6.45) is -2.94. The van der Waals surface area contributed by atoms with E-state index in [4.69, 9.17) is 5.84 Å². The van der Waals surface area contributed by atoms with Gasteiger partial charge in [0.1, 0.15) is 0 Å². The van der Waals surface area contributed by atoms with Gasteiger partial charge >= 0.3 is 6.18 Å². The summed E-state index contributed by atoms with van der Waals surface area (Å²) < 4.78 is 38.1. The molecular weight excluding hydrogens is 253 g/mol. The monoisotopic (exact) mass is 264 g/mol. The van der Waals surface area contributed by atoms with Crippen molar-refractivity contribution in [2.45, 2.75) is 6.18 Å². The molecule has 2 aromatic rings. The topological polar surface area (TPSA) is 38.4 Å². The van der Waals surface area contributed by atoms with E-state index in [-0.39, 0.29) is 0 Å². The highest BCUT2D eigenvalue weighted by molar-refractivity contribution is 5.90. The van der Waals surface area contributed by atoms with Crippen molar-refractivity contribution in [3.63, 3.8) is 0 Å². The maximum Gasteiger partial charge on any atom is 0.416 e. The fourth-order valence-electron chi connectivity index (χ4n) is 1.82. The molecule has 2 N–H and O–H groups in total. The number of alkyl halides is 3. The first kappa shape index (κ1) is 13.1. The van der Waals surface area contributed by atoms with Gasteiger partial charge in [-0.1, -0.05) is 36.4 Å². The first-order valence-corrected chi connectivity index (χ1v) is 5.52. The van der Waals surface area contributed by atoms with E-state index in [0.29, 0.717) is 16.7 Å². The third-order valence-electron chi connectivity index (χ3n) is 2.68. The average molecular weight is 264 g/mol. The number of halogens is 3. The molecule has 2 aromatic carbocycles. The van der Waals surface area contributed by atoms with E-state index in [9.17, 15) is 13.2 Å². The standard InChI is InChI=1S/C14H11F3N2/c15-14(16,17)12-6-3-5-10(8-12)13-7-2-1-4-11(13)9-19-18/h1-9H,18H2. The van der Waals surface area contributed by atoms with Crippen LogP contribution in [0, 0.1) is 0 Å². The summed E-state index contributed by atoms with van der Waals surface area (Å²) in [6.45, 7) is 0. The summed E-state index contributed by atoms with van der Waals surface area (Å²) in [5, 5.41) is 3.42. The summed E-state index contributed by atoms with van der Waals surface area (Å²) in [4.78, 5) is 0. The first-order chi connectivity index (χ1) is 9.02. The fourth-order valence-corrected chi connectivity index (χ4v) is 1.82. The Kier molecular flexibility index (Phi) is 3.55. The van der Waals surface area contributed by atoms with E-state index in [1.165, 1.54) is 12.3 Å². The largest absolute Gasteiger partial charge is 0.416 e. The molecule has 98 valence electrons. The van der Waals surface area contributed by atoms with Crippen LogP contribution < -0.4 is 5.84 Å². The molecule has 0 spiro atoms. The fraction of sp³-hybridized carbons (Fsp3) is 0.0714. The predicted molar refractivity (Wildman–Crippen MR) is 68.7 cm³/mol. The van der Waals surface area contributed by atoms with Crippen molar-refractivity contribution >= 4 is 6.21 Å². The zero-order valence-electron chi connectivity index (χ0n) is 9.85. The van der Waals surface area contributed by atoms with E-state index in [0.717, 1.165) is 12.1 Å². The molecule has 2 rings (SSSR count). The molecule has 0 atom stereocenters. The van der Waals surface area contributed by atoms with Crippen LogP contribution >= 0.6 is 0 Å². The summed E-state index contributed by atoms with van der Waals surface area (Å²) >= 11 is 0. The Bertz CT molecular complexity index is 604. The Balaban J connectivity index is 2.54. The van der Waals surface area contributed by atoms with Gasteiger partial charge in [0.15, 0.2) is 0 Å².